The van der Waals surface area contributed by atoms with Crippen molar-refractivity contribution in [3.63, 3.8) is 0 Å². The molecule has 3 aromatic rings. The Balaban J connectivity index is 1.70. The van der Waals surface area contributed by atoms with Crippen LogP contribution in [0.3, 0.4) is 0 Å². The quantitative estimate of drug-likeness (QED) is 0.360. The molecule has 0 unspecified atom stereocenters. The molecule has 5 nitrogen and oxygen atoms in total. The van der Waals surface area contributed by atoms with Gasteiger partial charge in [0.05, 0.1) is 17.8 Å². The van der Waals surface area contributed by atoms with Crippen LogP contribution in [0.25, 0.3) is 0 Å². The Hall–Kier alpha value is -2.49. The lowest BCUT2D eigenvalue weighted by molar-refractivity contribution is 0.303. The van der Waals surface area contributed by atoms with Crippen LogP contribution in [0.5, 0.6) is 5.75 Å². The van der Waals surface area contributed by atoms with Gasteiger partial charge in [-0.3, -0.25) is 0 Å². The number of benzene rings is 3. The van der Waals surface area contributed by atoms with E-state index in [1.807, 2.05) is 0 Å². The van der Waals surface area contributed by atoms with Crippen molar-refractivity contribution in [2.75, 3.05) is 12.9 Å². The Bertz CT molecular complexity index is 1460. The second kappa shape index (κ2) is 10.1. The van der Waals surface area contributed by atoms with E-state index in [0.717, 1.165) is 18.2 Å². The molecule has 0 atom stereocenters. The highest BCUT2D eigenvalue weighted by atomic mass is 35.5. The molecule has 0 saturated heterocycles. The summed E-state index contributed by atoms with van der Waals surface area (Å²) in [5.41, 5.74) is -0.247. The van der Waals surface area contributed by atoms with Crippen LogP contribution < -0.4 is 4.74 Å². The summed E-state index contributed by atoms with van der Waals surface area (Å²) in [6.45, 7) is 0. The van der Waals surface area contributed by atoms with Crippen molar-refractivity contribution in [2.45, 2.75) is 40.2 Å². The predicted molar refractivity (Wildman–Crippen MR) is 134 cm³/mol. The van der Waals surface area contributed by atoms with Crippen molar-refractivity contribution in [1.29, 1.82) is 0 Å². The van der Waals surface area contributed by atoms with E-state index in [4.69, 9.17) is 16.3 Å². The smallest absolute Gasteiger partial charge is 0.188 e. The SMILES string of the molecule is COc1ccccc1S(=O)(=O)CC1CCC(c2cc(F)ccc2F)(S(=O)(=O)c2ccc(Cl)cc2)CC1. The number of sulfone groups is 2. The summed E-state index contributed by atoms with van der Waals surface area (Å²) >= 11 is 5.93. The van der Waals surface area contributed by atoms with Gasteiger partial charge in [-0.05, 0) is 86.2 Å². The van der Waals surface area contributed by atoms with E-state index in [1.54, 1.807) is 18.2 Å². The van der Waals surface area contributed by atoms with Gasteiger partial charge in [0.15, 0.2) is 19.7 Å². The summed E-state index contributed by atoms with van der Waals surface area (Å²) in [4.78, 5) is 0.00459. The van der Waals surface area contributed by atoms with Crippen LogP contribution in [0.15, 0.2) is 76.5 Å². The van der Waals surface area contributed by atoms with Crippen molar-refractivity contribution < 1.29 is 30.4 Å². The van der Waals surface area contributed by atoms with Gasteiger partial charge in [0, 0.05) is 10.6 Å². The number of para-hydroxylation sites is 1. The van der Waals surface area contributed by atoms with Gasteiger partial charge in [0.2, 0.25) is 0 Å². The minimum atomic E-state index is -4.20. The fourth-order valence-electron chi connectivity index (χ4n) is 4.96. The highest BCUT2D eigenvalue weighted by molar-refractivity contribution is 7.92. The molecule has 0 aromatic heterocycles. The zero-order chi connectivity index (χ0) is 26.1. The predicted octanol–water partition coefficient (Wildman–Crippen LogP) is 5.96. The molecule has 0 aliphatic heterocycles. The molecule has 0 bridgehead atoms. The van der Waals surface area contributed by atoms with Gasteiger partial charge in [-0.15, -0.1) is 0 Å². The standard InChI is InChI=1S/C26H25ClF2O5S2/c1-34-24-4-2-3-5-25(24)35(30,31)17-18-12-14-26(15-13-18,22-16-20(28)8-11-23(22)29)36(32,33)21-9-6-19(27)7-10-21/h2-11,16,18H,12-15,17H2,1H3. The average molecular weight is 555 g/mol. The first kappa shape index (κ1) is 26.6. The van der Waals surface area contributed by atoms with Crippen molar-refractivity contribution in [1.82, 2.24) is 0 Å². The Morgan fingerprint density at radius 3 is 2.22 bits per heavy atom. The third-order valence-electron chi connectivity index (χ3n) is 6.83. The molecular formula is C26H25ClF2O5S2. The number of hydrogen-bond donors (Lipinski definition) is 0. The Morgan fingerprint density at radius 1 is 0.944 bits per heavy atom. The van der Waals surface area contributed by atoms with Gasteiger partial charge in [-0.2, -0.15) is 0 Å². The van der Waals surface area contributed by atoms with Gasteiger partial charge in [-0.1, -0.05) is 23.7 Å². The number of ether oxygens (including phenoxy) is 1. The van der Waals surface area contributed by atoms with Gasteiger partial charge in [-0.25, -0.2) is 25.6 Å². The normalized spacial score (nSPS) is 20.7. The van der Waals surface area contributed by atoms with E-state index in [2.05, 4.69) is 0 Å². The minimum absolute atomic E-state index is 0.0596. The topological polar surface area (TPSA) is 77.5 Å². The summed E-state index contributed by atoms with van der Waals surface area (Å²) in [6.07, 6.45) is 0.253. The Kier molecular flexibility index (Phi) is 7.46. The summed E-state index contributed by atoms with van der Waals surface area (Å²) < 4.78 is 86.8. The van der Waals surface area contributed by atoms with Gasteiger partial charge in [0.25, 0.3) is 0 Å². The van der Waals surface area contributed by atoms with Crippen LogP contribution in [0, 0.1) is 17.6 Å². The first-order valence-corrected chi connectivity index (χ1v) is 14.8. The molecule has 4 rings (SSSR count). The molecule has 0 spiro atoms. The number of halogens is 3. The molecule has 0 radical (unpaired) electrons. The summed E-state index contributed by atoms with van der Waals surface area (Å²) in [6, 6.07) is 14.6. The molecule has 1 fully saturated rings. The highest BCUT2D eigenvalue weighted by Crippen LogP contribution is 2.49. The van der Waals surface area contributed by atoms with E-state index in [-0.39, 0.29) is 58.5 Å². The number of rotatable bonds is 7. The lowest BCUT2D eigenvalue weighted by Crippen LogP contribution is -2.41. The van der Waals surface area contributed by atoms with Gasteiger partial charge in [0.1, 0.15) is 27.0 Å². The van der Waals surface area contributed by atoms with Crippen molar-refractivity contribution in [3.05, 3.63) is 89.0 Å². The molecule has 3 aromatic carbocycles. The zero-order valence-electron chi connectivity index (χ0n) is 19.5. The summed E-state index contributed by atoms with van der Waals surface area (Å²) in [7, 11) is -6.55. The first-order valence-electron chi connectivity index (χ1n) is 11.3. The Labute approximate surface area is 214 Å². The fraction of sp³-hybridized carbons (Fsp3) is 0.308. The molecule has 10 heteroatoms. The van der Waals surface area contributed by atoms with Crippen molar-refractivity contribution in [2.24, 2.45) is 5.92 Å². The third kappa shape index (κ3) is 4.88. The largest absolute Gasteiger partial charge is 0.495 e. The molecule has 192 valence electrons. The molecule has 36 heavy (non-hydrogen) atoms. The monoisotopic (exact) mass is 554 g/mol. The average Bonchev–Trinajstić information content (AvgIpc) is 2.86. The van der Waals surface area contributed by atoms with Crippen LogP contribution >= 0.6 is 11.6 Å². The summed E-state index contributed by atoms with van der Waals surface area (Å²) in [5.74, 6) is -1.93. The lowest BCUT2D eigenvalue weighted by Gasteiger charge is -2.40. The number of hydrogen-bond acceptors (Lipinski definition) is 5. The van der Waals surface area contributed by atoms with Crippen LogP contribution in [0.4, 0.5) is 8.78 Å². The van der Waals surface area contributed by atoms with Gasteiger partial charge < -0.3 is 4.74 Å². The van der Waals surface area contributed by atoms with Crippen LogP contribution in [-0.4, -0.2) is 29.7 Å². The molecule has 1 aliphatic rings. The van der Waals surface area contributed by atoms with Crippen molar-refractivity contribution in [3.8, 4) is 5.75 Å². The second-order valence-corrected chi connectivity index (χ2v) is 13.7. The molecule has 0 amide bonds. The third-order valence-corrected chi connectivity index (χ3v) is 11.5. The lowest BCUT2D eigenvalue weighted by atomic mass is 9.78. The molecule has 0 heterocycles. The van der Waals surface area contributed by atoms with E-state index in [9.17, 15) is 21.2 Å². The molecule has 0 N–H and O–H groups in total. The molecule has 1 aliphatic carbocycles. The van der Waals surface area contributed by atoms with E-state index in [0.29, 0.717) is 5.02 Å². The maximum absolute atomic E-state index is 15.0. The summed E-state index contributed by atoms with van der Waals surface area (Å²) in [5, 5.41) is 0.338. The van der Waals surface area contributed by atoms with Crippen LogP contribution in [0.2, 0.25) is 5.02 Å². The number of methoxy groups -OCH3 is 1. The molecular weight excluding hydrogens is 530 g/mol. The van der Waals surface area contributed by atoms with E-state index in [1.165, 1.54) is 37.4 Å². The minimum Gasteiger partial charge on any atom is -0.495 e. The fourth-order valence-corrected chi connectivity index (χ4v) is 9.12. The van der Waals surface area contributed by atoms with Crippen LogP contribution in [0.1, 0.15) is 31.2 Å². The molecule has 1 saturated carbocycles. The Morgan fingerprint density at radius 2 is 1.58 bits per heavy atom. The van der Waals surface area contributed by atoms with Crippen LogP contribution in [-0.2, 0) is 24.4 Å². The van der Waals surface area contributed by atoms with E-state index < -0.39 is 36.1 Å². The zero-order valence-corrected chi connectivity index (χ0v) is 21.8. The highest BCUT2D eigenvalue weighted by Gasteiger charge is 2.50. The maximum Gasteiger partial charge on any atom is 0.188 e. The second-order valence-electron chi connectivity index (χ2n) is 8.95. The van der Waals surface area contributed by atoms with E-state index >= 15 is 4.39 Å². The maximum atomic E-state index is 15.0. The van der Waals surface area contributed by atoms with Gasteiger partial charge >= 0.3 is 0 Å². The van der Waals surface area contributed by atoms with Crippen molar-refractivity contribution >= 4 is 31.3 Å². The first-order chi connectivity index (χ1) is 17.0.